The van der Waals surface area contributed by atoms with Crippen molar-refractivity contribution in [2.45, 2.75) is 12.5 Å². The van der Waals surface area contributed by atoms with Crippen molar-refractivity contribution in [1.82, 2.24) is 0 Å². The zero-order valence-corrected chi connectivity index (χ0v) is 12.6. The average molecular weight is 328 g/mol. The van der Waals surface area contributed by atoms with Gasteiger partial charge < -0.3 is 20.4 Å². The first-order valence-corrected chi connectivity index (χ1v) is 7.07. The number of nitrogens with one attached hydrogen (secondary N) is 2. The molecule has 0 radical (unpaired) electrons. The molecule has 7 nitrogen and oxygen atoms in total. The zero-order chi connectivity index (χ0) is 17.5. The Labute approximate surface area is 138 Å². The van der Waals surface area contributed by atoms with Crippen molar-refractivity contribution in [3.63, 3.8) is 0 Å². The van der Waals surface area contributed by atoms with Crippen LogP contribution in [-0.2, 0) is 16.0 Å². The molecule has 7 heteroatoms. The molecule has 0 aliphatic heterocycles. The minimum atomic E-state index is -1.33. The predicted molar refractivity (Wildman–Crippen MR) is 87.7 cm³/mol. The standard InChI is InChI=1S/C17H16N2O5/c18-10-12-9-13(6-7-14(12)20)19-17(23)24-15(16(21)22)8-11-4-2-1-3-5-11/h1-7,9-10,15,18,20H,8H2,(H,19,23)(H,21,22)/t15-/m1/s1. The number of amides is 1. The van der Waals surface area contributed by atoms with Gasteiger partial charge in [0.25, 0.3) is 0 Å². The van der Waals surface area contributed by atoms with Gasteiger partial charge >= 0.3 is 12.1 Å². The fourth-order valence-corrected chi connectivity index (χ4v) is 2.03. The SMILES string of the molecule is N=Cc1cc(NC(=O)O[C@H](Cc2ccccc2)C(=O)O)ccc1O. The number of carboxylic acid groups (broad SMARTS) is 1. The van der Waals surface area contributed by atoms with Crippen LogP contribution in [0.25, 0.3) is 0 Å². The van der Waals surface area contributed by atoms with Crippen molar-refractivity contribution in [3.05, 3.63) is 59.7 Å². The number of phenols is 1. The molecule has 1 atom stereocenters. The first kappa shape index (κ1) is 17.0. The van der Waals surface area contributed by atoms with Crippen LogP contribution in [0.5, 0.6) is 5.75 Å². The summed E-state index contributed by atoms with van der Waals surface area (Å²) in [6.07, 6.45) is -1.28. The molecular formula is C17H16N2O5. The van der Waals surface area contributed by atoms with Crippen molar-refractivity contribution in [2.24, 2.45) is 0 Å². The molecular weight excluding hydrogens is 312 g/mol. The lowest BCUT2D eigenvalue weighted by molar-refractivity contribution is -0.146. The third-order valence-electron chi connectivity index (χ3n) is 3.22. The van der Waals surface area contributed by atoms with E-state index < -0.39 is 18.2 Å². The van der Waals surface area contributed by atoms with Gasteiger partial charge in [-0.15, -0.1) is 0 Å². The molecule has 0 unspecified atom stereocenters. The maximum Gasteiger partial charge on any atom is 0.412 e. The molecule has 0 fully saturated rings. The fourth-order valence-electron chi connectivity index (χ4n) is 2.03. The molecule has 0 aliphatic rings. The van der Waals surface area contributed by atoms with E-state index in [4.69, 9.17) is 10.1 Å². The van der Waals surface area contributed by atoms with Gasteiger partial charge in [-0.1, -0.05) is 30.3 Å². The van der Waals surface area contributed by atoms with Crippen molar-refractivity contribution >= 4 is 24.0 Å². The average Bonchev–Trinajstić information content (AvgIpc) is 2.57. The van der Waals surface area contributed by atoms with Crippen LogP contribution in [0.15, 0.2) is 48.5 Å². The Kier molecular flexibility index (Phi) is 5.51. The second-order valence-corrected chi connectivity index (χ2v) is 4.96. The summed E-state index contributed by atoms with van der Waals surface area (Å²) in [4.78, 5) is 23.2. The molecule has 0 aromatic heterocycles. The number of aliphatic carboxylic acids is 1. The van der Waals surface area contributed by atoms with Crippen LogP contribution in [0, 0.1) is 5.41 Å². The minimum Gasteiger partial charge on any atom is -0.507 e. The van der Waals surface area contributed by atoms with Crippen LogP contribution in [0.1, 0.15) is 11.1 Å². The van der Waals surface area contributed by atoms with Crippen molar-refractivity contribution < 1.29 is 24.5 Å². The summed E-state index contributed by atoms with van der Waals surface area (Å²) in [7, 11) is 0. The summed E-state index contributed by atoms with van der Waals surface area (Å²) in [6, 6.07) is 12.9. The van der Waals surface area contributed by atoms with E-state index in [-0.39, 0.29) is 23.4 Å². The smallest absolute Gasteiger partial charge is 0.412 e. The molecule has 2 rings (SSSR count). The highest BCUT2D eigenvalue weighted by Crippen LogP contribution is 2.20. The predicted octanol–water partition coefficient (Wildman–Crippen LogP) is 2.63. The summed E-state index contributed by atoms with van der Waals surface area (Å²) in [5.41, 5.74) is 1.22. The van der Waals surface area contributed by atoms with Gasteiger partial charge in [0.05, 0.1) is 0 Å². The molecule has 2 aromatic rings. The Morgan fingerprint density at radius 3 is 2.54 bits per heavy atom. The number of hydrogen-bond donors (Lipinski definition) is 4. The van der Waals surface area contributed by atoms with Gasteiger partial charge in [-0.3, -0.25) is 5.32 Å². The quantitative estimate of drug-likeness (QED) is 0.480. The largest absolute Gasteiger partial charge is 0.507 e. The van der Waals surface area contributed by atoms with Crippen LogP contribution in [0.2, 0.25) is 0 Å². The van der Waals surface area contributed by atoms with E-state index in [0.717, 1.165) is 11.8 Å². The lowest BCUT2D eigenvalue weighted by Crippen LogP contribution is -2.31. The highest BCUT2D eigenvalue weighted by molar-refractivity contribution is 5.90. The first-order chi connectivity index (χ1) is 11.5. The van der Waals surface area contributed by atoms with Crippen LogP contribution in [0.3, 0.4) is 0 Å². The molecule has 0 heterocycles. The second kappa shape index (κ2) is 7.77. The first-order valence-electron chi connectivity index (χ1n) is 7.07. The molecule has 4 N–H and O–H groups in total. The van der Waals surface area contributed by atoms with Crippen LogP contribution < -0.4 is 5.32 Å². The van der Waals surface area contributed by atoms with Crippen LogP contribution in [-0.4, -0.2) is 34.6 Å². The minimum absolute atomic E-state index is 0.0465. The Balaban J connectivity index is 2.03. The summed E-state index contributed by atoms with van der Waals surface area (Å²) in [6.45, 7) is 0. The van der Waals surface area contributed by atoms with Crippen molar-refractivity contribution in [3.8, 4) is 5.75 Å². The highest BCUT2D eigenvalue weighted by Gasteiger charge is 2.22. The van der Waals surface area contributed by atoms with E-state index >= 15 is 0 Å². The maximum absolute atomic E-state index is 11.9. The van der Waals surface area contributed by atoms with Gasteiger partial charge in [-0.2, -0.15) is 0 Å². The zero-order valence-electron chi connectivity index (χ0n) is 12.6. The highest BCUT2D eigenvalue weighted by atomic mass is 16.6. The number of ether oxygens (including phenoxy) is 1. The summed E-state index contributed by atoms with van der Waals surface area (Å²) < 4.78 is 4.95. The number of carbonyl (C=O) groups excluding carboxylic acids is 1. The fraction of sp³-hybridized carbons (Fsp3) is 0.118. The molecule has 0 bridgehead atoms. The van der Waals surface area contributed by atoms with E-state index in [1.807, 2.05) is 0 Å². The third-order valence-corrected chi connectivity index (χ3v) is 3.22. The number of carbonyl (C=O) groups is 2. The van der Waals surface area contributed by atoms with Crippen LogP contribution in [0.4, 0.5) is 10.5 Å². The second-order valence-electron chi connectivity index (χ2n) is 4.96. The van der Waals surface area contributed by atoms with Gasteiger partial charge in [0.2, 0.25) is 6.10 Å². The number of phenolic OH excluding ortho intramolecular Hbond substituents is 1. The van der Waals surface area contributed by atoms with Crippen molar-refractivity contribution in [2.75, 3.05) is 5.32 Å². The Morgan fingerprint density at radius 1 is 1.21 bits per heavy atom. The van der Waals surface area contributed by atoms with Gasteiger partial charge in [0, 0.05) is 23.9 Å². The topological polar surface area (TPSA) is 120 Å². The lowest BCUT2D eigenvalue weighted by Gasteiger charge is -2.15. The summed E-state index contributed by atoms with van der Waals surface area (Å²) in [5.74, 6) is -1.35. The number of aromatic hydroxyl groups is 1. The Hall–Kier alpha value is -3.35. The van der Waals surface area contributed by atoms with Crippen LogP contribution >= 0.6 is 0 Å². The monoisotopic (exact) mass is 328 g/mol. The molecule has 0 spiro atoms. The van der Waals surface area contributed by atoms with Gasteiger partial charge in [-0.05, 0) is 23.8 Å². The molecule has 1 amide bonds. The Morgan fingerprint density at radius 2 is 1.92 bits per heavy atom. The molecule has 2 aromatic carbocycles. The number of hydrogen-bond acceptors (Lipinski definition) is 5. The number of carboxylic acids is 1. The molecule has 0 aliphatic carbocycles. The lowest BCUT2D eigenvalue weighted by atomic mass is 10.1. The number of anilines is 1. The van der Waals surface area contributed by atoms with Crippen molar-refractivity contribution in [1.29, 1.82) is 5.41 Å². The normalized spacial score (nSPS) is 11.3. The third kappa shape index (κ3) is 4.57. The van der Waals surface area contributed by atoms with E-state index in [1.54, 1.807) is 30.3 Å². The molecule has 0 saturated carbocycles. The van der Waals surface area contributed by atoms with E-state index in [9.17, 15) is 19.8 Å². The van der Waals surface area contributed by atoms with Gasteiger partial charge in [0.1, 0.15) is 5.75 Å². The summed E-state index contributed by atoms with van der Waals surface area (Å²) in [5, 5.41) is 28.2. The molecule has 0 saturated heterocycles. The van der Waals surface area contributed by atoms with Gasteiger partial charge in [0.15, 0.2) is 0 Å². The van der Waals surface area contributed by atoms with E-state index in [0.29, 0.717) is 0 Å². The van der Waals surface area contributed by atoms with E-state index in [1.165, 1.54) is 18.2 Å². The molecule has 124 valence electrons. The van der Waals surface area contributed by atoms with E-state index in [2.05, 4.69) is 5.32 Å². The number of benzene rings is 2. The maximum atomic E-state index is 11.9. The number of rotatable bonds is 6. The molecule has 24 heavy (non-hydrogen) atoms. The van der Waals surface area contributed by atoms with Gasteiger partial charge in [-0.25, -0.2) is 9.59 Å². The summed E-state index contributed by atoms with van der Waals surface area (Å²) >= 11 is 0. The Bertz CT molecular complexity index is 746.